The van der Waals surface area contributed by atoms with E-state index in [9.17, 15) is 14.4 Å². The lowest BCUT2D eigenvalue weighted by atomic mass is 10.1. The zero-order valence-electron chi connectivity index (χ0n) is 19.2. The predicted octanol–water partition coefficient (Wildman–Crippen LogP) is 2.81. The summed E-state index contributed by atoms with van der Waals surface area (Å²) >= 11 is 0. The smallest absolute Gasteiger partial charge is 0.302 e. The lowest BCUT2D eigenvalue weighted by Gasteiger charge is -2.14. The van der Waals surface area contributed by atoms with E-state index in [2.05, 4.69) is 15.3 Å². The number of aromatic nitrogens is 4. The van der Waals surface area contributed by atoms with Crippen LogP contribution in [0.2, 0.25) is 0 Å². The highest BCUT2D eigenvalue weighted by Crippen LogP contribution is 2.19. The van der Waals surface area contributed by atoms with Gasteiger partial charge in [-0.3, -0.25) is 14.4 Å². The number of unbranched alkanes of at least 4 members (excludes halogenated alkanes) is 2. The Balaban J connectivity index is 1.95. The molecule has 10 nitrogen and oxygen atoms in total. The van der Waals surface area contributed by atoms with Crippen LogP contribution in [0.5, 0.6) is 5.88 Å². The van der Waals surface area contributed by atoms with Crippen molar-refractivity contribution in [3.8, 4) is 5.88 Å². The lowest BCUT2D eigenvalue weighted by molar-refractivity contribution is -0.146. The van der Waals surface area contributed by atoms with Crippen LogP contribution in [0, 0.1) is 0 Å². The Bertz CT molecular complexity index is 961. The van der Waals surface area contributed by atoms with Crippen molar-refractivity contribution in [2.45, 2.75) is 85.0 Å². The van der Waals surface area contributed by atoms with Crippen molar-refractivity contribution in [1.82, 2.24) is 20.0 Å². The Morgan fingerprint density at radius 3 is 2.06 bits per heavy atom. The maximum Gasteiger partial charge on any atom is 0.302 e. The second-order valence-electron chi connectivity index (χ2n) is 7.83. The fraction of sp³-hybridized carbons (Fsp3) is 0.636. The second kappa shape index (κ2) is 12.7. The number of aryl methyl sites for hydroxylation is 1. The fourth-order valence-electron chi connectivity index (χ4n) is 3.35. The standard InChI is InChI=1S/C22H32N4O6/c1-15(31-17(3)27)9-5-7-11-26-22(29)20-14-24-23-13-19(20)21(25-26)30-12-8-6-10-16(2)32-18(4)28/h13-16H,5-12H2,1-4H3/t15-,16-/m1/s1. The third-order valence-electron chi connectivity index (χ3n) is 4.85. The van der Waals surface area contributed by atoms with Gasteiger partial charge in [0, 0.05) is 20.4 Å². The molecule has 0 saturated carbocycles. The summed E-state index contributed by atoms with van der Waals surface area (Å²) in [7, 11) is 0. The van der Waals surface area contributed by atoms with Crippen molar-refractivity contribution in [3.05, 3.63) is 22.7 Å². The van der Waals surface area contributed by atoms with E-state index in [0.29, 0.717) is 42.6 Å². The highest BCUT2D eigenvalue weighted by atomic mass is 16.5. The lowest BCUT2D eigenvalue weighted by Crippen LogP contribution is -2.24. The van der Waals surface area contributed by atoms with E-state index in [1.165, 1.54) is 30.9 Å². The summed E-state index contributed by atoms with van der Waals surface area (Å²) in [6.07, 6.45) is 7.13. The van der Waals surface area contributed by atoms with Crippen molar-refractivity contribution < 1.29 is 23.8 Å². The molecule has 0 unspecified atom stereocenters. The van der Waals surface area contributed by atoms with Gasteiger partial charge in [-0.05, 0) is 52.4 Å². The van der Waals surface area contributed by atoms with Gasteiger partial charge in [-0.1, -0.05) is 0 Å². The van der Waals surface area contributed by atoms with Crippen LogP contribution < -0.4 is 10.3 Å². The number of rotatable bonds is 13. The molecule has 0 radical (unpaired) electrons. The van der Waals surface area contributed by atoms with Gasteiger partial charge in [0.1, 0.15) is 0 Å². The van der Waals surface area contributed by atoms with Gasteiger partial charge in [-0.15, -0.1) is 5.10 Å². The zero-order chi connectivity index (χ0) is 23.5. The molecule has 0 N–H and O–H groups in total. The van der Waals surface area contributed by atoms with E-state index >= 15 is 0 Å². The van der Waals surface area contributed by atoms with E-state index < -0.39 is 0 Å². The Labute approximate surface area is 187 Å². The minimum atomic E-state index is -0.298. The Hall–Kier alpha value is -3.04. The minimum absolute atomic E-state index is 0.132. The molecule has 0 saturated heterocycles. The number of hydrogen-bond acceptors (Lipinski definition) is 9. The molecule has 0 aromatic carbocycles. The Morgan fingerprint density at radius 1 is 0.906 bits per heavy atom. The highest BCUT2D eigenvalue weighted by Gasteiger charge is 2.13. The van der Waals surface area contributed by atoms with Gasteiger partial charge in [0.15, 0.2) is 0 Å². The number of hydrogen-bond donors (Lipinski definition) is 0. The molecule has 0 aliphatic heterocycles. The molecule has 0 aliphatic rings. The second-order valence-corrected chi connectivity index (χ2v) is 7.83. The number of esters is 2. The van der Waals surface area contributed by atoms with Crippen molar-refractivity contribution in [2.24, 2.45) is 0 Å². The van der Waals surface area contributed by atoms with E-state index in [-0.39, 0.29) is 29.7 Å². The van der Waals surface area contributed by atoms with Gasteiger partial charge < -0.3 is 14.2 Å². The van der Waals surface area contributed by atoms with Gasteiger partial charge in [-0.25, -0.2) is 4.68 Å². The quantitative estimate of drug-likeness (QED) is 0.336. The van der Waals surface area contributed by atoms with Crippen molar-refractivity contribution in [3.63, 3.8) is 0 Å². The summed E-state index contributed by atoms with van der Waals surface area (Å²) in [5.41, 5.74) is -0.245. The van der Waals surface area contributed by atoms with Gasteiger partial charge in [0.25, 0.3) is 5.56 Å². The van der Waals surface area contributed by atoms with Crippen LogP contribution in [0.25, 0.3) is 10.8 Å². The van der Waals surface area contributed by atoms with E-state index in [1.54, 1.807) is 0 Å². The first-order valence-electron chi connectivity index (χ1n) is 11.0. The zero-order valence-corrected chi connectivity index (χ0v) is 19.2. The molecule has 0 spiro atoms. The molecule has 2 rings (SSSR count). The molecule has 2 atom stereocenters. The molecule has 0 bridgehead atoms. The summed E-state index contributed by atoms with van der Waals surface area (Å²) in [4.78, 5) is 34.7. The van der Waals surface area contributed by atoms with Crippen LogP contribution in [0.1, 0.15) is 66.2 Å². The Kier molecular flexibility index (Phi) is 10.0. The molecule has 176 valence electrons. The monoisotopic (exact) mass is 448 g/mol. The van der Waals surface area contributed by atoms with Crippen LogP contribution in [-0.2, 0) is 25.6 Å². The number of ether oxygens (including phenoxy) is 3. The third-order valence-corrected chi connectivity index (χ3v) is 4.85. The van der Waals surface area contributed by atoms with Gasteiger partial charge >= 0.3 is 11.9 Å². The molecule has 2 heterocycles. The molecule has 0 fully saturated rings. The first-order valence-corrected chi connectivity index (χ1v) is 11.0. The highest BCUT2D eigenvalue weighted by molar-refractivity contribution is 5.84. The number of fused-ring (bicyclic) bond motifs is 1. The normalized spacial score (nSPS) is 12.9. The SMILES string of the molecule is CC(=O)O[C@H](C)CCCCOc1nn(CCCC[C@@H](C)OC(C)=O)c(=O)c2cnncc12. The predicted molar refractivity (Wildman–Crippen MR) is 117 cm³/mol. The number of carbonyl (C=O) groups is 2. The fourth-order valence-corrected chi connectivity index (χ4v) is 3.35. The Morgan fingerprint density at radius 2 is 1.47 bits per heavy atom. The maximum atomic E-state index is 12.8. The molecule has 0 aliphatic carbocycles. The summed E-state index contributed by atoms with van der Waals surface area (Å²) < 4.78 is 17.5. The topological polar surface area (TPSA) is 122 Å². The molecular weight excluding hydrogens is 416 g/mol. The molecule has 0 amide bonds. The molecule has 32 heavy (non-hydrogen) atoms. The molecule has 2 aromatic heterocycles. The van der Waals surface area contributed by atoms with Crippen molar-refractivity contribution in [2.75, 3.05) is 6.61 Å². The summed E-state index contributed by atoms with van der Waals surface area (Å²) in [5.74, 6) is -0.238. The van der Waals surface area contributed by atoms with Gasteiger partial charge in [-0.2, -0.15) is 10.2 Å². The van der Waals surface area contributed by atoms with E-state index in [0.717, 1.165) is 25.7 Å². The van der Waals surface area contributed by atoms with Crippen LogP contribution in [-0.4, -0.2) is 50.7 Å². The van der Waals surface area contributed by atoms with Gasteiger partial charge in [0.2, 0.25) is 5.88 Å². The average molecular weight is 449 g/mol. The van der Waals surface area contributed by atoms with Crippen molar-refractivity contribution >= 4 is 22.7 Å². The molecule has 10 heteroatoms. The minimum Gasteiger partial charge on any atom is -0.476 e. The van der Waals surface area contributed by atoms with Crippen LogP contribution >= 0.6 is 0 Å². The van der Waals surface area contributed by atoms with Crippen molar-refractivity contribution in [1.29, 1.82) is 0 Å². The van der Waals surface area contributed by atoms with Gasteiger partial charge in [0.05, 0.1) is 42.0 Å². The van der Waals surface area contributed by atoms with E-state index in [1.807, 2.05) is 13.8 Å². The van der Waals surface area contributed by atoms with Crippen LogP contribution in [0.3, 0.4) is 0 Å². The summed E-state index contributed by atoms with van der Waals surface area (Å²) in [6.45, 7) is 7.32. The summed E-state index contributed by atoms with van der Waals surface area (Å²) in [6, 6.07) is 0. The third kappa shape index (κ3) is 8.24. The van der Waals surface area contributed by atoms with E-state index in [4.69, 9.17) is 14.2 Å². The van der Waals surface area contributed by atoms with Crippen LogP contribution in [0.4, 0.5) is 0 Å². The first-order chi connectivity index (χ1) is 15.3. The first kappa shape index (κ1) is 25.2. The largest absolute Gasteiger partial charge is 0.476 e. The molecule has 2 aromatic rings. The number of carbonyl (C=O) groups excluding carboxylic acids is 2. The molecular formula is C22H32N4O6. The van der Waals surface area contributed by atoms with Crippen LogP contribution in [0.15, 0.2) is 17.2 Å². The maximum absolute atomic E-state index is 12.8. The summed E-state index contributed by atoms with van der Waals surface area (Å²) in [5, 5.41) is 13.0. The average Bonchev–Trinajstić information content (AvgIpc) is 2.72. The number of nitrogens with zero attached hydrogens (tertiary/aromatic N) is 4.